The van der Waals surface area contributed by atoms with Gasteiger partial charge in [0.1, 0.15) is 11.5 Å². The molecule has 3 rings (SSSR count). The lowest BCUT2D eigenvalue weighted by molar-refractivity contribution is -0.166. The molecular formula is C25H30BF4NO2S. The molecular weight excluding hydrogens is 465 g/mol. The minimum Gasteiger partial charge on any atom is -0.494 e. The number of nitrogens with two attached hydrogens (primary N) is 1. The Kier molecular flexibility index (Phi) is 11.1. The molecule has 0 aliphatic carbocycles. The number of hydrogen-bond acceptors (Lipinski definition) is 3. The van der Waals surface area contributed by atoms with Gasteiger partial charge in [-0.15, -0.1) is 0 Å². The highest BCUT2D eigenvalue weighted by molar-refractivity contribution is 7.12. The van der Waals surface area contributed by atoms with Crippen LogP contribution in [0.3, 0.4) is 0 Å². The molecule has 1 heterocycles. The number of ether oxygens (including phenoxy) is 2. The van der Waals surface area contributed by atoms with Crippen molar-refractivity contribution >= 4 is 18.6 Å². The molecule has 0 fully saturated rings. The van der Waals surface area contributed by atoms with Crippen LogP contribution in [-0.2, 0) is 0 Å². The third-order valence-corrected chi connectivity index (χ3v) is 5.60. The highest BCUT2D eigenvalue weighted by Crippen LogP contribution is 2.29. The van der Waals surface area contributed by atoms with Gasteiger partial charge in [0.05, 0.1) is 13.2 Å². The van der Waals surface area contributed by atoms with Crippen LogP contribution in [0.2, 0.25) is 0 Å². The molecule has 2 N–H and O–H groups in total. The van der Waals surface area contributed by atoms with Gasteiger partial charge in [-0.3, -0.25) is 0 Å². The summed E-state index contributed by atoms with van der Waals surface area (Å²) in [7, 11) is -6.00. The van der Waals surface area contributed by atoms with Crippen molar-refractivity contribution in [1.82, 2.24) is 0 Å². The van der Waals surface area contributed by atoms with E-state index in [1.165, 1.54) is 0 Å². The van der Waals surface area contributed by atoms with Crippen molar-refractivity contribution in [3.8, 4) is 33.1 Å². The maximum absolute atomic E-state index is 9.75. The molecule has 0 saturated carbocycles. The van der Waals surface area contributed by atoms with Gasteiger partial charge in [0.15, 0.2) is 0 Å². The molecule has 184 valence electrons. The Morgan fingerprint density at radius 2 is 1.15 bits per heavy atom. The van der Waals surface area contributed by atoms with Crippen LogP contribution in [-0.4, -0.2) is 20.5 Å². The number of rotatable bonds is 10. The van der Waals surface area contributed by atoms with E-state index >= 15 is 0 Å². The van der Waals surface area contributed by atoms with Gasteiger partial charge in [-0.25, -0.2) is 5.41 Å². The Balaban J connectivity index is 0.000000739. The lowest BCUT2D eigenvalue weighted by atomic mass is 10.1. The Morgan fingerprint density at radius 1 is 0.706 bits per heavy atom. The van der Waals surface area contributed by atoms with E-state index in [9.17, 15) is 17.3 Å². The van der Waals surface area contributed by atoms with E-state index in [1.807, 2.05) is 30.3 Å². The van der Waals surface area contributed by atoms with E-state index in [2.05, 4.69) is 44.2 Å². The molecule has 0 aliphatic heterocycles. The topological polar surface area (TPSA) is 44.0 Å². The van der Waals surface area contributed by atoms with Gasteiger partial charge in [0, 0.05) is 10.9 Å². The standard InChI is InChI=1S/C25H29NO2S.BF4/c1-3-5-15-27-22-11-7-19(8-12-22)21-17-24(29-25(26)18-21)20-9-13-23(14-10-20)28-16-6-4-2;2-1(3,4)5/h7-14,17-18,26H,3-6,15-16H2,1-2H3;/q;-1/p+1. The summed E-state index contributed by atoms with van der Waals surface area (Å²) >= 11 is 1.60. The van der Waals surface area contributed by atoms with Gasteiger partial charge in [0.2, 0.25) is 0 Å². The zero-order valence-corrected chi connectivity index (χ0v) is 20.2. The quantitative estimate of drug-likeness (QED) is 0.201. The molecule has 3 nitrogen and oxygen atoms in total. The van der Waals surface area contributed by atoms with Gasteiger partial charge < -0.3 is 26.7 Å². The maximum Gasteiger partial charge on any atom is 0.673 e. The van der Waals surface area contributed by atoms with Crippen LogP contribution < -0.4 is 19.6 Å². The summed E-state index contributed by atoms with van der Waals surface area (Å²) in [6.45, 7) is 5.85. The first-order valence-corrected chi connectivity index (χ1v) is 12.1. The van der Waals surface area contributed by atoms with Crippen LogP contribution in [0.15, 0.2) is 60.7 Å². The lowest BCUT2D eigenvalue weighted by Gasteiger charge is -2.08. The average Bonchev–Trinajstić information content (AvgIpc) is 2.79. The van der Waals surface area contributed by atoms with Crippen molar-refractivity contribution in [3.63, 3.8) is 0 Å². The van der Waals surface area contributed by atoms with Gasteiger partial charge in [-0.2, -0.15) is 0 Å². The molecule has 0 bridgehead atoms. The maximum atomic E-state index is 9.75. The zero-order valence-electron chi connectivity index (χ0n) is 19.4. The normalized spacial score (nSPS) is 10.9. The molecule has 0 aliphatic rings. The Hall–Kier alpha value is -2.81. The molecule has 0 unspecified atom stereocenters. The molecule has 0 atom stereocenters. The largest absolute Gasteiger partial charge is 0.673 e. The fraction of sp³-hybridized carbons (Fsp3) is 0.320. The molecule has 0 radical (unpaired) electrons. The monoisotopic (exact) mass is 495 g/mol. The summed E-state index contributed by atoms with van der Waals surface area (Å²) in [5, 5.41) is 6.23. The highest BCUT2D eigenvalue weighted by Gasteiger charge is 2.20. The molecule has 0 spiro atoms. The predicted molar refractivity (Wildman–Crippen MR) is 131 cm³/mol. The van der Waals surface area contributed by atoms with Gasteiger partial charge in [-0.05, 0) is 72.0 Å². The summed E-state index contributed by atoms with van der Waals surface area (Å²) < 4.78 is 51.3. The Labute approximate surface area is 202 Å². The lowest BCUT2D eigenvalue weighted by Crippen LogP contribution is -2.42. The fourth-order valence-electron chi connectivity index (χ4n) is 2.96. The van der Waals surface area contributed by atoms with E-state index in [1.54, 1.807) is 11.3 Å². The van der Waals surface area contributed by atoms with Crippen molar-refractivity contribution in [3.05, 3.63) is 65.3 Å². The second kappa shape index (κ2) is 13.8. The van der Waals surface area contributed by atoms with Crippen LogP contribution in [0.4, 0.5) is 17.3 Å². The van der Waals surface area contributed by atoms with Gasteiger partial charge in [0.25, 0.3) is 4.67 Å². The van der Waals surface area contributed by atoms with E-state index in [-0.39, 0.29) is 0 Å². The fourth-order valence-corrected chi connectivity index (χ4v) is 3.84. The minimum absolute atomic E-state index is 0.762. The van der Waals surface area contributed by atoms with E-state index < -0.39 is 7.25 Å². The smallest absolute Gasteiger partial charge is 0.494 e. The summed E-state index contributed by atoms with van der Waals surface area (Å²) in [4.78, 5) is 1.14. The molecule has 0 amide bonds. The van der Waals surface area contributed by atoms with Crippen molar-refractivity contribution < 1.29 is 32.1 Å². The summed E-state index contributed by atoms with van der Waals surface area (Å²) in [6.07, 6.45) is 4.42. The average molecular weight is 495 g/mol. The first-order chi connectivity index (χ1) is 16.2. The second-order valence-corrected chi connectivity index (χ2v) is 8.68. The van der Waals surface area contributed by atoms with E-state index in [0.717, 1.165) is 76.6 Å². The highest BCUT2D eigenvalue weighted by atomic mass is 32.1. The molecule has 1 aromatic heterocycles. The molecule has 0 saturated heterocycles. The van der Waals surface area contributed by atoms with E-state index in [0.29, 0.717) is 0 Å². The van der Waals surface area contributed by atoms with Crippen molar-refractivity contribution in [2.45, 2.75) is 39.5 Å². The Morgan fingerprint density at radius 3 is 1.59 bits per heavy atom. The molecule has 2 aromatic carbocycles. The number of benzene rings is 2. The SMILES string of the molecule is CCCCOc1ccc(-c2cc(-c3ccc(OCCCC)cc3)sc(=[NH2+])c2)cc1.F[B-](F)(F)F. The third kappa shape index (κ3) is 10.4. The van der Waals surface area contributed by atoms with Crippen LogP contribution in [0, 0.1) is 0 Å². The summed E-state index contributed by atoms with van der Waals surface area (Å²) in [6, 6.07) is 20.7. The second-order valence-electron chi connectivity index (χ2n) is 7.56. The van der Waals surface area contributed by atoms with Crippen LogP contribution in [0.1, 0.15) is 39.5 Å². The molecule has 3 aromatic rings. The summed E-state index contributed by atoms with van der Waals surface area (Å²) in [5.74, 6) is 1.82. The summed E-state index contributed by atoms with van der Waals surface area (Å²) in [5.41, 5.74) is 3.39. The van der Waals surface area contributed by atoms with Crippen molar-refractivity contribution in [2.75, 3.05) is 13.2 Å². The van der Waals surface area contributed by atoms with E-state index in [4.69, 9.17) is 14.9 Å². The van der Waals surface area contributed by atoms with Crippen molar-refractivity contribution in [2.24, 2.45) is 0 Å². The first-order valence-electron chi connectivity index (χ1n) is 11.3. The Bertz CT molecular complexity index is 974. The first kappa shape index (κ1) is 27.4. The zero-order chi connectivity index (χ0) is 25.0. The molecule has 34 heavy (non-hydrogen) atoms. The number of unbranched alkanes of at least 4 members (excludes halogenated alkanes) is 2. The molecule has 9 heteroatoms. The minimum atomic E-state index is -6.00. The van der Waals surface area contributed by atoms with Gasteiger partial charge >= 0.3 is 7.25 Å². The number of hydrogen-bond donors (Lipinski definition) is 1. The van der Waals surface area contributed by atoms with Gasteiger partial charge in [-0.1, -0.05) is 50.2 Å². The predicted octanol–water partition coefficient (Wildman–Crippen LogP) is 6.40. The van der Waals surface area contributed by atoms with Crippen LogP contribution in [0.25, 0.3) is 21.6 Å². The van der Waals surface area contributed by atoms with Crippen molar-refractivity contribution in [1.29, 1.82) is 0 Å². The van der Waals surface area contributed by atoms with Crippen LogP contribution >= 0.6 is 11.3 Å². The van der Waals surface area contributed by atoms with Crippen LogP contribution in [0.5, 0.6) is 11.5 Å². The number of halogens is 4. The third-order valence-electron chi connectivity index (χ3n) is 4.67.